The molecule has 4 heteroatoms. The monoisotopic (exact) mass is 212 g/mol. The number of carboxylic acid groups (broad SMARTS) is 1. The first-order chi connectivity index (χ1) is 6.83. The summed E-state index contributed by atoms with van der Waals surface area (Å²) >= 11 is 0. The Labute approximate surface area is 87.2 Å². The van der Waals surface area contributed by atoms with Crippen molar-refractivity contribution in [2.75, 3.05) is 0 Å². The normalized spacial score (nSPS) is 11.4. The van der Waals surface area contributed by atoms with Crippen LogP contribution in [0.4, 0.5) is 4.39 Å². The highest BCUT2D eigenvalue weighted by Gasteiger charge is 2.26. The van der Waals surface area contributed by atoms with Crippen LogP contribution >= 0.6 is 0 Å². The van der Waals surface area contributed by atoms with Gasteiger partial charge in [0.05, 0.1) is 6.42 Å². The third kappa shape index (κ3) is 2.68. The zero-order chi connectivity index (χ0) is 11.6. The molecule has 0 aliphatic rings. The Morgan fingerprint density at radius 2 is 2.07 bits per heavy atom. The average Bonchev–Trinajstić information content (AvgIpc) is 1.99. The van der Waals surface area contributed by atoms with E-state index in [1.807, 2.05) is 0 Å². The molecule has 0 aliphatic heterocycles. The fraction of sp³-hybridized carbons (Fsp3) is 0.364. The number of rotatable bonds is 3. The summed E-state index contributed by atoms with van der Waals surface area (Å²) in [6.07, 6.45) is -0.119. The van der Waals surface area contributed by atoms with Gasteiger partial charge in [-0.2, -0.15) is 0 Å². The van der Waals surface area contributed by atoms with E-state index in [9.17, 15) is 14.3 Å². The SMILES string of the molecule is CC(C)(CC(=O)O)c1ccc(F)cc1O. The zero-order valence-corrected chi connectivity index (χ0v) is 8.62. The maximum Gasteiger partial charge on any atom is 0.304 e. The van der Waals surface area contributed by atoms with Gasteiger partial charge in [-0.3, -0.25) is 4.79 Å². The zero-order valence-electron chi connectivity index (χ0n) is 8.62. The van der Waals surface area contributed by atoms with Crippen LogP contribution in [0, 0.1) is 5.82 Å². The van der Waals surface area contributed by atoms with E-state index < -0.39 is 17.2 Å². The number of halogens is 1. The minimum absolute atomic E-state index is 0.119. The van der Waals surface area contributed by atoms with E-state index in [4.69, 9.17) is 5.11 Å². The van der Waals surface area contributed by atoms with Crippen molar-refractivity contribution in [3.8, 4) is 5.75 Å². The molecule has 0 aromatic heterocycles. The second kappa shape index (κ2) is 3.88. The van der Waals surface area contributed by atoms with Gasteiger partial charge in [-0.05, 0) is 6.07 Å². The topological polar surface area (TPSA) is 57.5 Å². The molecule has 0 unspecified atom stereocenters. The van der Waals surface area contributed by atoms with Gasteiger partial charge in [0.1, 0.15) is 11.6 Å². The third-order valence-corrected chi connectivity index (χ3v) is 2.28. The smallest absolute Gasteiger partial charge is 0.304 e. The van der Waals surface area contributed by atoms with Crippen LogP contribution in [0.2, 0.25) is 0 Å². The molecule has 1 aromatic carbocycles. The lowest BCUT2D eigenvalue weighted by molar-refractivity contribution is -0.138. The highest BCUT2D eigenvalue weighted by atomic mass is 19.1. The van der Waals surface area contributed by atoms with Crippen molar-refractivity contribution in [1.82, 2.24) is 0 Å². The van der Waals surface area contributed by atoms with E-state index >= 15 is 0 Å². The van der Waals surface area contributed by atoms with Crippen LogP contribution in [0.3, 0.4) is 0 Å². The van der Waals surface area contributed by atoms with E-state index in [0.29, 0.717) is 5.56 Å². The Kier molecular flexibility index (Phi) is 2.98. The van der Waals surface area contributed by atoms with Crippen LogP contribution in [0.1, 0.15) is 25.8 Å². The Balaban J connectivity index is 3.09. The van der Waals surface area contributed by atoms with Crippen LogP contribution in [-0.2, 0) is 10.2 Å². The number of phenolic OH excluding ortho intramolecular Hbond substituents is 1. The molecular weight excluding hydrogens is 199 g/mol. The summed E-state index contributed by atoms with van der Waals surface area (Å²) in [6.45, 7) is 3.38. The van der Waals surface area contributed by atoms with Crippen molar-refractivity contribution in [3.63, 3.8) is 0 Å². The molecular formula is C11H13FO3. The molecule has 0 saturated carbocycles. The summed E-state index contributed by atoms with van der Waals surface area (Å²) in [6, 6.07) is 3.60. The summed E-state index contributed by atoms with van der Waals surface area (Å²) in [5, 5.41) is 18.2. The Morgan fingerprint density at radius 1 is 1.47 bits per heavy atom. The molecule has 1 aromatic rings. The van der Waals surface area contributed by atoms with Crippen molar-refractivity contribution < 1.29 is 19.4 Å². The van der Waals surface area contributed by atoms with Gasteiger partial charge in [-0.15, -0.1) is 0 Å². The Morgan fingerprint density at radius 3 is 2.53 bits per heavy atom. The molecule has 3 nitrogen and oxygen atoms in total. The second-order valence-corrected chi connectivity index (χ2v) is 4.12. The number of hydrogen-bond acceptors (Lipinski definition) is 2. The fourth-order valence-electron chi connectivity index (χ4n) is 1.55. The molecule has 0 aliphatic carbocycles. The number of benzene rings is 1. The molecule has 0 spiro atoms. The maximum atomic E-state index is 12.7. The number of aromatic hydroxyl groups is 1. The summed E-state index contributed by atoms with van der Waals surface area (Å²) in [4.78, 5) is 10.6. The molecule has 0 fully saturated rings. The predicted molar refractivity (Wildman–Crippen MR) is 53.3 cm³/mol. The number of phenols is 1. The van der Waals surface area contributed by atoms with E-state index in [0.717, 1.165) is 6.07 Å². The van der Waals surface area contributed by atoms with Crippen LogP contribution in [-0.4, -0.2) is 16.2 Å². The lowest BCUT2D eigenvalue weighted by Gasteiger charge is -2.23. The van der Waals surface area contributed by atoms with Crippen LogP contribution < -0.4 is 0 Å². The molecule has 0 amide bonds. The van der Waals surface area contributed by atoms with Gasteiger partial charge < -0.3 is 10.2 Å². The van der Waals surface area contributed by atoms with Crippen molar-refractivity contribution >= 4 is 5.97 Å². The molecule has 15 heavy (non-hydrogen) atoms. The van der Waals surface area contributed by atoms with Crippen molar-refractivity contribution in [2.24, 2.45) is 0 Å². The summed E-state index contributed by atoms with van der Waals surface area (Å²) in [5.41, 5.74) is -0.282. The van der Waals surface area contributed by atoms with Gasteiger partial charge in [0, 0.05) is 17.0 Å². The minimum Gasteiger partial charge on any atom is -0.508 e. The Bertz CT molecular complexity index is 385. The van der Waals surface area contributed by atoms with Gasteiger partial charge in [0.25, 0.3) is 0 Å². The maximum absolute atomic E-state index is 12.7. The van der Waals surface area contributed by atoms with E-state index in [-0.39, 0.29) is 12.2 Å². The molecule has 2 N–H and O–H groups in total. The lowest BCUT2D eigenvalue weighted by Crippen LogP contribution is -2.21. The highest BCUT2D eigenvalue weighted by Crippen LogP contribution is 2.33. The van der Waals surface area contributed by atoms with Crippen LogP contribution in [0.25, 0.3) is 0 Å². The van der Waals surface area contributed by atoms with Gasteiger partial charge in [0.15, 0.2) is 0 Å². The first kappa shape index (κ1) is 11.5. The van der Waals surface area contributed by atoms with E-state index in [2.05, 4.69) is 0 Å². The molecule has 0 bridgehead atoms. The number of carbonyl (C=O) groups is 1. The molecule has 0 radical (unpaired) electrons. The fourth-order valence-corrected chi connectivity index (χ4v) is 1.55. The van der Waals surface area contributed by atoms with Gasteiger partial charge in [-0.1, -0.05) is 19.9 Å². The quantitative estimate of drug-likeness (QED) is 0.808. The second-order valence-electron chi connectivity index (χ2n) is 4.12. The standard InChI is InChI=1S/C11H13FO3/c1-11(2,6-10(14)15)8-4-3-7(12)5-9(8)13/h3-5,13H,6H2,1-2H3,(H,14,15). The summed E-state index contributed by atoms with van der Waals surface area (Å²) in [5.74, 6) is -1.70. The van der Waals surface area contributed by atoms with Gasteiger partial charge >= 0.3 is 5.97 Å². The molecule has 0 heterocycles. The lowest BCUT2D eigenvalue weighted by atomic mass is 9.81. The Hall–Kier alpha value is -1.58. The van der Waals surface area contributed by atoms with Crippen LogP contribution in [0.15, 0.2) is 18.2 Å². The predicted octanol–water partition coefficient (Wildman–Crippen LogP) is 2.28. The van der Waals surface area contributed by atoms with Crippen LogP contribution in [0.5, 0.6) is 5.75 Å². The molecule has 1 rings (SSSR count). The first-order valence-electron chi connectivity index (χ1n) is 4.54. The number of aliphatic carboxylic acids is 1. The number of hydrogen-bond donors (Lipinski definition) is 2. The van der Waals surface area contributed by atoms with Crippen molar-refractivity contribution in [2.45, 2.75) is 25.7 Å². The molecule has 0 saturated heterocycles. The minimum atomic E-state index is -0.955. The largest absolute Gasteiger partial charge is 0.508 e. The third-order valence-electron chi connectivity index (χ3n) is 2.28. The number of carboxylic acids is 1. The van der Waals surface area contributed by atoms with E-state index in [1.165, 1.54) is 12.1 Å². The molecule has 0 atom stereocenters. The summed E-state index contributed by atoms with van der Waals surface area (Å²) in [7, 11) is 0. The average molecular weight is 212 g/mol. The van der Waals surface area contributed by atoms with Gasteiger partial charge in [0.2, 0.25) is 0 Å². The van der Waals surface area contributed by atoms with E-state index in [1.54, 1.807) is 13.8 Å². The van der Waals surface area contributed by atoms with Crippen molar-refractivity contribution in [3.05, 3.63) is 29.6 Å². The van der Waals surface area contributed by atoms with Gasteiger partial charge in [-0.25, -0.2) is 4.39 Å². The first-order valence-corrected chi connectivity index (χ1v) is 4.54. The summed E-state index contributed by atoms with van der Waals surface area (Å²) < 4.78 is 12.7. The molecule has 82 valence electrons. The highest BCUT2D eigenvalue weighted by molar-refractivity contribution is 5.69. The van der Waals surface area contributed by atoms with Crippen molar-refractivity contribution in [1.29, 1.82) is 0 Å².